The molecule has 1 heterocycles. The lowest BCUT2D eigenvalue weighted by atomic mass is 10.0. The van der Waals surface area contributed by atoms with Crippen molar-refractivity contribution in [1.82, 2.24) is 4.72 Å². The van der Waals surface area contributed by atoms with Crippen molar-refractivity contribution in [2.24, 2.45) is 0 Å². The minimum absolute atomic E-state index is 0.128. The summed E-state index contributed by atoms with van der Waals surface area (Å²) in [7, 11) is -3.52. The van der Waals surface area contributed by atoms with Gasteiger partial charge in [0.05, 0.1) is 11.6 Å². The minimum Gasteiger partial charge on any atom is -0.385 e. The van der Waals surface area contributed by atoms with E-state index in [4.69, 9.17) is 0 Å². The molecule has 0 fully saturated rings. The third-order valence-electron chi connectivity index (χ3n) is 2.93. The Hall–Kier alpha value is -1.14. The number of alkyl halides is 1. The van der Waals surface area contributed by atoms with E-state index in [1.54, 1.807) is 12.1 Å². The molecule has 100 valence electrons. The van der Waals surface area contributed by atoms with E-state index in [-0.39, 0.29) is 17.9 Å². The molecule has 0 amide bonds. The Kier molecular flexibility index (Phi) is 4.19. The third-order valence-corrected chi connectivity index (χ3v) is 4.39. The molecule has 2 N–H and O–H groups in total. The molecular formula is C12H17FN2O2S. The fraction of sp³-hybridized carbons (Fsp3) is 0.500. The number of sulfonamides is 1. The molecule has 1 aliphatic heterocycles. The van der Waals surface area contributed by atoms with Gasteiger partial charge in [0, 0.05) is 18.8 Å². The van der Waals surface area contributed by atoms with Crippen molar-refractivity contribution < 1.29 is 12.8 Å². The van der Waals surface area contributed by atoms with Crippen LogP contribution in [0.15, 0.2) is 23.1 Å². The zero-order chi connectivity index (χ0) is 13.0. The molecule has 18 heavy (non-hydrogen) atoms. The standard InChI is InChI=1S/C12H17FN2O2S/c13-6-2-8-15-18(16,17)11-5-4-10-3-1-7-14-12(10)9-11/h4-5,9,14-15H,1-3,6-8H2. The highest BCUT2D eigenvalue weighted by atomic mass is 32.2. The molecule has 2 rings (SSSR count). The van der Waals surface area contributed by atoms with Gasteiger partial charge in [0.15, 0.2) is 0 Å². The molecule has 0 saturated carbocycles. The van der Waals surface area contributed by atoms with Gasteiger partial charge in [-0.2, -0.15) is 0 Å². The first-order valence-corrected chi connectivity index (χ1v) is 7.54. The Balaban J connectivity index is 2.17. The van der Waals surface area contributed by atoms with Gasteiger partial charge >= 0.3 is 0 Å². The van der Waals surface area contributed by atoms with Crippen molar-refractivity contribution in [3.05, 3.63) is 23.8 Å². The SMILES string of the molecule is O=S(=O)(NCCCF)c1ccc2c(c1)NCCC2. The van der Waals surface area contributed by atoms with E-state index in [1.807, 2.05) is 6.07 Å². The van der Waals surface area contributed by atoms with Gasteiger partial charge in [-0.15, -0.1) is 0 Å². The summed E-state index contributed by atoms with van der Waals surface area (Å²) in [6.07, 6.45) is 2.23. The van der Waals surface area contributed by atoms with Crippen LogP contribution in [0.3, 0.4) is 0 Å². The van der Waals surface area contributed by atoms with Crippen LogP contribution in [-0.2, 0) is 16.4 Å². The molecule has 1 aliphatic rings. The maximum atomic E-state index is 12.0. The van der Waals surface area contributed by atoms with Crippen molar-refractivity contribution in [3.8, 4) is 0 Å². The van der Waals surface area contributed by atoms with Gasteiger partial charge in [0.25, 0.3) is 0 Å². The summed E-state index contributed by atoms with van der Waals surface area (Å²) in [5.74, 6) is 0. The van der Waals surface area contributed by atoms with E-state index in [0.717, 1.165) is 30.6 Å². The van der Waals surface area contributed by atoms with E-state index >= 15 is 0 Å². The molecule has 6 heteroatoms. The second-order valence-electron chi connectivity index (χ2n) is 4.29. The summed E-state index contributed by atoms with van der Waals surface area (Å²) >= 11 is 0. The van der Waals surface area contributed by atoms with E-state index < -0.39 is 16.7 Å². The second-order valence-corrected chi connectivity index (χ2v) is 6.06. The van der Waals surface area contributed by atoms with Crippen LogP contribution in [0.5, 0.6) is 0 Å². The van der Waals surface area contributed by atoms with Crippen molar-refractivity contribution in [3.63, 3.8) is 0 Å². The number of nitrogens with one attached hydrogen (secondary N) is 2. The first-order chi connectivity index (χ1) is 8.63. The van der Waals surface area contributed by atoms with Crippen LogP contribution in [0.2, 0.25) is 0 Å². The number of aryl methyl sites for hydroxylation is 1. The highest BCUT2D eigenvalue weighted by Crippen LogP contribution is 2.24. The van der Waals surface area contributed by atoms with Crippen molar-refractivity contribution in [1.29, 1.82) is 0 Å². The van der Waals surface area contributed by atoms with E-state index in [1.165, 1.54) is 0 Å². The molecule has 0 aromatic heterocycles. The first kappa shape index (κ1) is 13.3. The van der Waals surface area contributed by atoms with Crippen LogP contribution < -0.4 is 10.0 Å². The number of benzene rings is 1. The molecule has 0 aliphatic carbocycles. The number of hydrogen-bond donors (Lipinski definition) is 2. The maximum absolute atomic E-state index is 12.0. The quantitative estimate of drug-likeness (QED) is 0.802. The van der Waals surface area contributed by atoms with Crippen LogP contribution in [0.4, 0.5) is 10.1 Å². The minimum atomic E-state index is -3.52. The summed E-state index contributed by atoms with van der Waals surface area (Å²) in [6, 6.07) is 5.08. The highest BCUT2D eigenvalue weighted by Gasteiger charge is 2.16. The molecule has 1 aromatic carbocycles. The molecule has 0 unspecified atom stereocenters. The van der Waals surface area contributed by atoms with Gasteiger partial charge < -0.3 is 5.32 Å². The van der Waals surface area contributed by atoms with E-state index in [0.29, 0.717) is 0 Å². The molecule has 0 bridgehead atoms. The summed E-state index contributed by atoms with van der Waals surface area (Å²) in [4.78, 5) is 0.231. The van der Waals surface area contributed by atoms with Gasteiger partial charge in [-0.3, -0.25) is 4.39 Å². The third kappa shape index (κ3) is 3.00. The number of hydrogen-bond acceptors (Lipinski definition) is 3. The van der Waals surface area contributed by atoms with Crippen molar-refractivity contribution in [2.75, 3.05) is 25.1 Å². The van der Waals surface area contributed by atoms with Gasteiger partial charge in [-0.05, 0) is 37.0 Å². The molecule has 0 radical (unpaired) electrons. The van der Waals surface area contributed by atoms with Gasteiger partial charge in [0.1, 0.15) is 0 Å². The van der Waals surface area contributed by atoms with Crippen LogP contribution in [-0.4, -0.2) is 28.2 Å². The average molecular weight is 272 g/mol. The van der Waals surface area contributed by atoms with E-state index in [9.17, 15) is 12.8 Å². The zero-order valence-corrected chi connectivity index (χ0v) is 10.9. The van der Waals surface area contributed by atoms with E-state index in [2.05, 4.69) is 10.0 Å². The summed E-state index contributed by atoms with van der Waals surface area (Å²) in [5.41, 5.74) is 2.03. The van der Waals surface area contributed by atoms with Crippen molar-refractivity contribution in [2.45, 2.75) is 24.2 Å². The zero-order valence-electron chi connectivity index (χ0n) is 10.1. The fourth-order valence-electron chi connectivity index (χ4n) is 1.96. The van der Waals surface area contributed by atoms with Crippen LogP contribution in [0.25, 0.3) is 0 Å². The predicted molar refractivity (Wildman–Crippen MR) is 69.0 cm³/mol. The lowest BCUT2D eigenvalue weighted by molar-refractivity contribution is 0.470. The summed E-state index contributed by atoms with van der Waals surface area (Å²) in [6.45, 7) is 0.476. The molecular weight excluding hydrogens is 255 g/mol. The fourth-order valence-corrected chi connectivity index (χ4v) is 3.06. The molecule has 4 nitrogen and oxygen atoms in total. The van der Waals surface area contributed by atoms with Crippen LogP contribution in [0, 0.1) is 0 Å². The summed E-state index contributed by atoms with van der Waals surface area (Å²) < 4.78 is 38.2. The van der Waals surface area contributed by atoms with Crippen LogP contribution in [0.1, 0.15) is 18.4 Å². The predicted octanol–water partition coefficient (Wildman–Crippen LogP) is 1.68. The Morgan fingerprint density at radius 3 is 3.00 bits per heavy atom. The smallest absolute Gasteiger partial charge is 0.240 e. The molecule has 0 spiro atoms. The Morgan fingerprint density at radius 2 is 2.22 bits per heavy atom. The summed E-state index contributed by atoms with van der Waals surface area (Å²) in [5, 5.41) is 3.19. The topological polar surface area (TPSA) is 58.2 Å². The average Bonchev–Trinajstić information content (AvgIpc) is 2.38. The van der Waals surface area contributed by atoms with Gasteiger partial charge in [-0.1, -0.05) is 6.07 Å². The normalized spacial score (nSPS) is 14.9. The molecule has 0 atom stereocenters. The maximum Gasteiger partial charge on any atom is 0.240 e. The second kappa shape index (κ2) is 5.67. The molecule has 1 aromatic rings. The van der Waals surface area contributed by atoms with Gasteiger partial charge in [-0.25, -0.2) is 13.1 Å². The first-order valence-electron chi connectivity index (χ1n) is 6.06. The molecule has 0 saturated heterocycles. The largest absolute Gasteiger partial charge is 0.385 e. The lowest BCUT2D eigenvalue weighted by Crippen LogP contribution is -2.25. The number of halogens is 1. The number of rotatable bonds is 5. The Labute approximate surface area is 107 Å². The van der Waals surface area contributed by atoms with Crippen molar-refractivity contribution >= 4 is 15.7 Å². The highest BCUT2D eigenvalue weighted by molar-refractivity contribution is 7.89. The Bertz CT molecular complexity index is 517. The Morgan fingerprint density at radius 1 is 1.39 bits per heavy atom. The number of fused-ring (bicyclic) bond motifs is 1. The number of anilines is 1. The lowest BCUT2D eigenvalue weighted by Gasteiger charge is -2.18. The monoisotopic (exact) mass is 272 g/mol. The van der Waals surface area contributed by atoms with Gasteiger partial charge in [0.2, 0.25) is 10.0 Å². The van der Waals surface area contributed by atoms with Crippen LogP contribution >= 0.6 is 0 Å².